The lowest BCUT2D eigenvalue weighted by Gasteiger charge is -2.30. The van der Waals surface area contributed by atoms with Crippen LogP contribution in [0.2, 0.25) is 0 Å². The predicted molar refractivity (Wildman–Crippen MR) is 72.7 cm³/mol. The summed E-state index contributed by atoms with van der Waals surface area (Å²) in [7, 11) is 0. The van der Waals surface area contributed by atoms with Crippen LogP contribution in [-0.2, 0) is 0 Å². The SMILES string of the molecule is CCC(C)(CCN)Nc1nccc(C)c1Br. The summed E-state index contributed by atoms with van der Waals surface area (Å²) in [6.07, 6.45) is 3.78. The van der Waals surface area contributed by atoms with Gasteiger partial charge in [-0.05, 0) is 60.8 Å². The van der Waals surface area contributed by atoms with Crippen molar-refractivity contribution in [2.45, 2.75) is 39.2 Å². The Morgan fingerprint density at radius 3 is 2.81 bits per heavy atom. The number of pyridine rings is 1. The summed E-state index contributed by atoms with van der Waals surface area (Å²) in [4.78, 5) is 4.36. The normalized spacial score (nSPS) is 14.6. The van der Waals surface area contributed by atoms with E-state index in [1.807, 2.05) is 12.3 Å². The average molecular weight is 286 g/mol. The number of hydrogen-bond donors (Lipinski definition) is 2. The summed E-state index contributed by atoms with van der Waals surface area (Å²) in [5, 5.41) is 3.48. The molecule has 1 atom stereocenters. The highest BCUT2D eigenvalue weighted by molar-refractivity contribution is 9.10. The lowest BCUT2D eigenvalue weighted by atomic mass is 9.94. The van der Waals surface area contributed by atoms with E-state index in [4.69, 9.17) is 5.73 Å². The molecule has 0 bridgehead atoms. The number of halogens is 1. The van der Waals surface area contributed by atoms with Gasteiger partial charge in [-0.1, -0.05) is 6.92 Å². The fourth-order valence-electron chi connectivity index (χ4n) is 1.56. The molecule has 16 heavy (non-hydrogen) atoms. The lowest BCUT2D eigenvalue weighted by Crippen LogP contribution is -2.36. The molecule has 0 aliphatic heterocycles. The van der Waals surface area contributed by atoms with Crippen molar-refractivity contribution in [2.24, 2.45) is 5.73 Å². The van der Waals surface area contributed by atoms with Crippen LogP contribution >= 0.6 is 15.9 Å². The Morgan fingerprint density at radius 1 is 1.56 bits per heavy atom. The first kappa shape index (κ1) is 13.5. The third-order valence-corrected chi connectivity index (χ3v) is 3.98. The quantitative estimate of drug-likeness (QED) is 0.874. The maximum absolute atomic E-state index is 5.64. The molecule has 3 N–H and O–H groups in total. The van der Waals surface area contributed by atoms with Gasteiger partial charge in [0.15, 0.2) is 0 Å². The Labute approximate surface area is 106 Å². The van der Waals surface area contributed by atoms with Gasteiger partial charge in [0.1, 0.15) is 5.82 Å². The van der Waals surface area contributed by atoms with E-state index in [0.29, 0.717) is 6.54 Å². The lowest BCUT2D eigenvalue weighted by molar-refractivity contribution is 0.461. The molecule has 3 nitrogen and oxygen atoms in total. The number of rotatable bonds is 5. The van der Waals surface area contributed by atoms with Crippen LogP contribution in [0, 0.1) is 6.92 Å². The second-order valence-corrected chi connectivity index (χ2v) is 5.16. The minimum atomic E-state index is 0.0120. The van der Waals surface area contributed by atoms with Crippen LogP contribution in [-0.4, -0.2) is 17.1 Å². The van der Waals surface area contributed by atoms with Crippen LogP contribution in [0.4, 0.5) is 5.82 Å². The molecule has 0 spiro atoms. The third-order valence-electron chi connectivity index (χ3n) is 2.98. The van der Waals surface area contributed by atoms with E-state index < -0.39 is 0 Å². The highest BCUT2D eigenvalue weighted by atomic mass is 79.9. The van der Waals surface area contributed by atoms with Crippen LogP contribution in [0.5, 0.6) is 0 Å². The molecule has 90 valence electrons. The van der Waals surface area contributed by atoms with Crippen molar-refractivity contribution in [3.63, 3.8) is 0 Å². The maximum atomic E-state index is 5.64. The van der Waals surface area contributed by atoms with Gasteiger partial charge in [-0.2, -0.15) is 0 Å². The summed E-state index contributed by atoms with van der Waals surface area (Å²) >= 11 is 3.56. The fraction of sp³-hybridized carbons (Fsp3) is 0.583. The Hall–Kier alpha value is -0.610. The molecule has 0 aromatic carbocycles. The zero-order chi connectivity index (χ0) is 12.2. The smallest absolute Gasteiger partial charge is 0.140 e. The molecule has 4 heteroatoms. The molecule has 1 aromatic rings. The van der Waals surface area contributed by atoms with E-state index in [0.717, 1.165) is 23.1 Å². The number of aromatic nitrogens is 1. The summed E-state index contributed by atoms with van der Waals surface area (Å²) in [6.45, 7) is 7.08. The molecule has 1 aromatic heterocycles. The zero-order valence-electron chi connectivity index (χ0n) is 10.2. The minimum Gasteiger partial charge on any atom is -0.364 e. The van der Waals surface area contributed by atoms with Gasteiger partial charge in [0.05, 0.1) is 4.47 Å². The number of nitrogens with two attached hydrogens (primary N) is 1. The zero-order valence-corrected chi connectivity index (χ0v) is 11.8. The molecule has 1 heterocycles. The van der Waals surface area contributed by atoms with Gasteiger partial charge < -0.3 is 11.1 Å². The van der Waals surface area contributed by atoms with Gasteiger partial charge in [-0.15, -0.1) is 0 Å². The minimum absolute atomic E-state index is 0.0120. The van der Waals surface area contributed by atoms with Gasteiger partial charge in [0.2, 0.25) is 0 Å². The van der Waals surface area contributed by atoms with Crippen LogP contribution in [0.1, 0.15) is 32.3 Å². The van der Waals surface area contributed by atoms with Gasteiger partial charge in [-0.25, -0.2) is 4.98 Å². The van der Waals surface area contributed by atoms with Gasteiger partial charge in [0, 0.05) is 11.7 Å². The summed E-state index contributed by atoms with van der Waals surface area (Å²) in [5.74, 6) is 0.901. The number of anilines is 1. The van der Waals surface area contributed by atoms with Crippen molar-refractivity contribution < 1.29 is 0 Å². The van der Waals surface area contributed by atoms with Gasteiger partial charge in [0.25, 0.3) is 0 Å². The van der Waals surface area contributed by atoms with Crippen LogP contribution in [0.25, 0.3) is 0 Å². The Kier molecular flexibility index (Phi) is 4.74. The topological polar surface area (TPSA) is 50.9 Å². The molecule has 0 radical (unpaired) electrons. The summed E-state index contributed by atoms with van der Waals surface area (Å²) in [5.41, 5.74) is 6.84. The highest BCUT2D eigenvalue weighted by Gasteiger charge is 2.22. The molecular weight excluding hydrogens is 266 g/mol. The van der Waals surface area contributed by atoms with Crippen molar-refractivity contribution >= 4 is 21.7 Å². The first-order valence-electron chi connectivity index (χ1n) is 5.62. The Morgan fingerprint density at radius 2 is 2.25 bits per heavy atom. The third kappa shape index (κ3) is 3.19. The van der Waals surface area contributed by atoms with Crippen molar-refractivity contribution in [1.29, 1.82) is 0 Å². The van der Waals surface area contributed by atoms with Crippen LogP contribution in [0.15, 0.2) is 16.7 Å². The van der Waals surface area contributed by atoms with E-state index in [2.05, 4.69) is 47.0 Å². The molecule has 1 rings (SSSR count). The number of nitrogens with zero attached hydrogens (tertiary/aromatic N) is 1. The second-order valence-electron chi connectivity index (χ2n) is 4.37. The van der Waals surface area contributed by atoms with Gasteiger partial charge >= 0.3 is 0 Å². The molecule has 0 saturated heterocycles. The molecule has 0 fully saturated rings. The Bertz CT molecular complexity index is 354. The van der Waals surface area contributed by atoms with Crippen LogP contribution < -0.4 is 11.1 Å². The average Bonchev–Trinajstić information content (AvgIpc) is 2.25. The predicted octanol–water partition coefficient (Wildman–Crippen LogP) is 3.08. The molecular formula is C12H20BrN3. The standard InChI is InChI=1S/C12H20BrN3/c1-4-12(3,6-7-14)16-11-10(13)9(2)5-8-15-11/h5,8H,4,6-7,14H2,1-3H3,(H,15,16). The molecule has 0 saturated carbocycles. The Balaban J connectivity index is 2.90. The summed E-state index contributed by atoms with van der Waals surface area (Å²) < 4.78 is 1.03. The highest BCUT2D eigenvalue weighted by Crippen LogP contribution is 2.28. The van der Waals surface area contributed by atoms with E-state index in [-0.39, 0.29) is 5.54 Å². The maximum Gasteiger partial charge on any atom is 0.140 e. The first-order valence-corrected chi connectivity index (χ1v) is 6.41. The van der Waals surface area contributed by atoms with Crippen LogP contribution in [0.3, 0.4) is 0 Å². The van der Waals surface area contributed by atoms with Crippen molar-refractivity contribution in [3.8, 4) is 0 Å². The molecule has 0 aliphatic carbocycles. The van der Waals surface area contributed by atoms with Gasteiger partial charge in [-0.3, -0.25) is 0 Å². The summed E-state index contributed by atoms with van der Waals surface area (Å²) in [6, 6.07) is 1.99. The number of aryl methyl sites for hydroxylation is 1. The molecule has 1 unspecified atom stereocenters. The monoisotopic (exact) mass is 285 g/mol. The molecule has 0 amide bonds. The number of nitrogens with one attached hydrogen (secondary N) is 1. The molecule has 0 aliphatic rings. The van der Waals surface area contributed by atoms with Crippen molar-refractivity contribution in [1.82, 2.24) is 4.98 Å². The van der Waals surface area contributed by atoms with E-state index in [9.17, 15) is 0 Å². The van der Waals surface area contributed by atoms with Crippen molar-refractivity contribution in [3.05, 3.63) is 22.3 Å². The van der Waals surface area contributed by atoms with E-state index >= 15 is 0 Å². The van der Waals surface area contributed by atoms with E-state index in [1.165, 1.54) is 5.56 Å². The first-order chi connectivity index (χ1) is 7.52. The largest absolute Gasteiger partial charge is 0.364 e. The number of hydrogen-bond acceptors (Lipinski definition) is 3. The van der Waals surface area contributed by atoms with Crippen molar-refractivity contribution in [2.75, 3.05) is 11.9 Å². The second kappa shape index (κ2) is 5.64. The fourth-order valence-corrected chi connectivity index (χ4v) is 1.89. The van der Waals surface area contributed by atoms with E-state index in [1.54, 1.807) is 0 Å².